The minimum atomic E-state index is -3.56. The molecule has 5 rings (SSSR count). The third-order valence-electron chi connectivity index (χ3n) is 5.57. The molecule has 0 saturated carbocycles. The number of ether oxygens (including phenoxy) is 1. The molecule has 5 aromatic rings. The number of hydrogen-bond donors (Lipinski definition) is 2. The lowest BCUT2D eigenvalue weighted by molar-refractivity contribution is 0.387. The van der Waals surface area contributed by atoms with Crippen molar-refractivity contribution in [2.75, 3.05) is 25.5 Å². The smallest absolute Gasteiger partial charge is 0.306 e. The summed E-state index contributed by atoms with van der Waals surface area (Å²) in [6.07, 6.45) is 5.35. The van der Waals surface area contributed by atoms with Gasteiger partial charge in [-0.25, -0.2) is 27.5 Å². The number of fused-ring (bicyclic) bond motifs is 1. The van der Waals surface area contributed by atoms with Crippen LogP contribution in [-0.4, -0.2) is 48.0 Å². The number of aromatic nitrogens is 4. The van der Waals surface area contributed by atoms with E-state index in [0.29, 0.717) is 47.4 Å². The summed E-state index contributed by atoms with van der Waals surface area (Å²) in [6, 6.07) is 14.4. The highest BCUT2D eigenvalue weighted by Gasteiger charge is 2.20. The first-order chi connectivity index (χ1) is 18.0. The Kier molecular flexibility index (Phi) is 6.84. The van der Waals surface area contributed by atoms with Crippen LogP contribution in [0.2, 0.25) is 0 Å². The van der Waals surface area contributed by atoms with Gasteiger partial charge >= 0.3 is 5.84 Å². The molecule has 0 aliphatic rings. The van der Waals surface area contributed by atoms with Crippen LogP contribution in [0.1, 0.15) is 6.42 Å². The van der Waals surface area contributed by atoms with Gasteiger partial charge in [-0.05, 0) is 42.8 Å². The summed E-state index contributed by atoms with van der Waals surface area (Å²) in [7, 11) is -2.16. The minimum Gasteiger partial charge on any atom is -0.494 e. The molecule has 37 heavy (non-hydrogen) atoms. The molecule has 0 fully saturated rings. The summed E-state index contributed by atoms with van der Waals surface area (Å²) in [5.41, 5.74) is 2.37. The summed E-state index contributed by atoms with van der Waals surface area (Å²) in [4.78, 5) is 13.7. The molecule has 0 amide bonds. The molecule has 0 aliphatic carbocycles. The molecule has 3 aromatic heterocycles. The van der Waals surface area contributed by atoms with Gasteiger partial charge in [-0.15, -0.1) is 0 Å². The molecular formula is C25H23FN6O4S. The molecule has 0 saturated heterocycles. The maximum Gasteiger partial charge on any atom is 0.306 e. The Morgan fingerprint density at radius 2 is 1.92 bits per heavy atom. The predicted molar refractivity (Wildman–Crippen MR) is 135 cm³/mol. The highest BCUT2D eigenvalue weighted by Crippen LogP contribution is 2.34. The van der Waals surface area contributed by atoms with E-state index in [-0.39, 0.29) is 17.2 Å². The van der Waals surface area contributed by atoms with Gasteiger partial charge in [0, 0.05) is 31.0 Å². The van der Waals surface area contributed by atoms with Crippen LogP contribution in [0, 0.1) is 5.82 Å². The van der Waals surface area contributed by atoms with E-state index in [1.54, 1.807) is 65.3 Å². The molecule has 0 radical (unpaired) electrons. The maximum atomic E-state index is 14.0. The number of halogens is 1. The van der Waals surface area contributed by atoms with Gasteiger partial charge in [-0.3, -0.25) is 4.40 Å². The van der Waals surface area contributed by atoms with Crippen LogP contribution in [0.3, 0.4) is 0 Å². The number of imidazole rings is 1. The normalized spacial score (nSPS) is 11.6. The molecule has 10 nitrogen and oxygen atoms in total. The van der Waals surface area contributed by atoms with Gasteiger partial charge in [-0.1, -0.05) is 18.2 Å². The molecule has 0 bridgehead atoms. The van der Waals surface area contributed by atoms with Crippen molar-refractivity contribution in [3.8, 4) is 28.4 Å². The van der Waals surface area contributed by atoms with Crippen molar-refractivity contribution in [1.82, 2.24) is 24.1 Å². The van der Waals surface area contributed by atoms with Crippen LogP contribution >= 0.6 is 0 Å². The number of nitrogens with zero attached hydrogens (tertiary/aromatic N) is 4. The topological polar surface area (TPSA) is 124 Å². The predicted octanol–water partition coefficient (Wildman–Crippen LogP) is 3.98. The second kappa shape index (κ2) is 10.4. The standard InChI is InChI=1S/C25H23FN6O4S/c1-35-21-16-17(8-9-19(21)26)22-23(32-14-15-36-25(32)31-22)20-10-13-28-24(30-20)27-11-5-12-29-37(33,34)18-6-3-2-4-7-18/h2-4,6-10,13-16,29H,5,11-12H2,1H3,(H,27,28,30). The molecule has 0 spiro atoms. The van der Waals surface area contributed by atoms with Crippen LogP contribution < -0.4 is 14.8 Å². The molecule has 2 aromatic carbocycles. The van der Waals surface area contributed by atoms with E-state index in [2.05, 4.69) is 25.0 Å². The van der Waals surface area contributed by atoms with Crippen molar-refractivity contribution in [2.45, 2.75) is 11.3 Å². The van der Waals surface area contributed by atoms with Gasteiger partial charge in [0.2, 0.25) is 16.0 Å². The van der Waals surface area contributed by atoms with Gasteiger partial charge < -0.3 is 14.5 Å². The quantitative estimate of drug-likeness (QED) is 0.264. The van der Waals surface area contributed by atoms with Crippen LogP contribution in [0.5, 0.6) is 5.75 Å². The van der Waals surface area contributed by atoms with Crippen molar-refractivity contribution in [1.29, 1.82) is 0 Å². The van der Waals surface area contributed by atoms with Gasteiger partial charge in [0.05, 0.1) is 17.7 Å². The Hall–Kier alpha value is -4.29. The van der Waals surface area contributed by atoms with Crippen LogP contribution in [0.15, 0.2) is 82.6 Å². The number of sulfonamides is 1. The van der Waals surface area contributed by atoms with Crippen molar-refractivity contribution in [3.63, 3.8) is 0 Å². The van der Waals surface area contributed by atoms with E-state index in [1.165, 1.54) is 19.4 Å². The zero-order chi connectivity index (χ0) is 25.8. The zero-order valence-corrected chi connectivity index (χ0v) is 20.6. The lowest BCUT2D eigenvalue weighted by atomic mass is 10.1. The summed E-state index contributed by atoms with van der Waals surface area (Å²) in [5.74, 6) is 0.341. The fraction of sp³-hybridized carbons (Fsp3) is 0.160. The van der Waals surface area contributed by atoms with Crippen molar-refractivity contribution in [3.05, 3.63) is 79.1 Å². The molecule has 0 atom stereocenters. The Morgan fingerprint density at radius 1 is 1.08 bits per heavy atom. The fourth-order valence-corrected chi connectivity index (χ4v) is 4.89. The Balaban J connectivity index is 1.32. The Bertz CT molecular complexity index is 1640. The first-order valence-electron chi connectivity index (χ1n) is 11.4. The fourth-order valence-electron chi connectivity index (χ4n) is 3.79. The molecular weight excluding hydrogens is 499 g/mol. The van der Waals surface area contributed by atoms with Crippen molar-refractivity contribution >= 4 is 21.8 Å². The average Bonchev–Trinajstić information content (AvgIpc) is 3.51. The van der Waals surface area contributed by atoms with Crippen molar-refractivity contribution in [2.24, 2.45) is 0 Å². The van der Waals surface area contributed by atoms with E-state index in [4.69, 9.17) is 9.15 Å². The maximum absolute atomic E-state index is 14.0. The second-order valence-corrected chi connectivity index (χ2v) is 9.74. The van der Waals surface area contributed by atoms with Crippen LogP contribution in [0.25, 0.3) is 28.5 Å². The Morgan fingerprint density at radius 3 is 2.73 bits per heavy atom. The molecule has 2 N–H and O–H groups in total. The van der Waals surface area contributed by atoms with Gasteiger partial charge in [0.25, 0.3) is 0 Å². The molecule has 3 heterocycles. The summed E-state index contributed by atoms with van der Waals surface area (Å²) in [6.45, 7) is 0.690. The first kappa shape index (κ1) is 24.4. The average molecular weight is 523 g/mol. The summed E-state index contributed by atoms with van der Waals surface area (Å²) in [5, 5.41) is 3.12. The van der Waals surface area contributed by atoms with Crippen LogP contribution in [0.4, 0.5) is 10.3 Å². The minimum absolute atomic E-state index is 0.0981. The summed E-state index contributed by atoms with van der Waals surface area (Å²) < 4.78 is 53.6. The molecule has 190 valence electrons. The van der Waals surface area contributed by atoms with Gasteiger partial charge in [-0.2, -0.15) is 4.98 Å². The second-order valence-electron chi connectivity index (χ2n) is 7.97. The first-order valence-corrected chi connectivity index (χ1v) is 12.9. The van der Waals surface area contributed by atoms with E-state index in [9.17, 15) is 12.8 Å². The number of hydrogen-bond acceptors (Lipinski definition) is 8. The lowest BCUT2D eigenvalue weighted by Crippen LogP contribution is -2.26. The SMILES string of the molecule is COc1cc(-c2nc3occn3c2-c2ccnc(NCCCNS(=O)(=O)c3ccccc3)n2)ccc1F. The number of anilines is 1. The van der Waals surface area contributed by atoms with Gasteiger partial charge in [0.1, 0.15) is 17.7 Å². The molecule has 12 heteroatoms. The molecule has 0 unspecified atom stereocenters. The number of rotatable bonds is 10. The van der Waals surface area contributed by atoms with Gasteiger partial charge in [0.15, 0.2) is 11.6 Å². The third-order valence-corrected chi connectivity index (χ3v) is 7.04. The summed E-state index contributed by atoms with van der Waals surface area (Å²) >= 11 is 0. The van der Waals surface area contributed by atoms with E-state index < -0.39 is 15.8 Å². The third kappa shape index (κ3) is 5.15. The van der Waals surface area contributed by atoms with E-state index in [1.807, 2.05) is 0 Å². The van der Waals surface area contributed by atoms with E-state index >= 15 is 0 Å². The zero-order valence-electron chi connectivity index (χ0n) is 19.8. The monoisotopic (exact) mass is 522 g/mol. The highest BCUT2D eigenvalue weighted by atomic mass is 32.2. The Labute approximate surface area is 212 Å². The van der Waals surface area contributed by atoms with Crippen LogP contribution in [-0.2, 0) is 10.0 Å². The number of benzene rings is 2. The largest absolute Gasteiger partial charge is 0.494 e. The number of methoxy groups -OCH3 is 1. The van der Waals surface area contributed by atoms with E-state index in [0.717, 1.165) is 0 Å². The number of nitrogens with one attached hydrogen (secondary N) is 2. The highest BCUT2D eigenvalue weighted by molar-refractivity contribution is 7.89. The number of oxazole rings is 1. The lowest BCUT2D eigenvalue weighted by Gasteiger charge is -2.09. The molecule has 0 aliphatic heterocycles. The van der Waals surface area contributed by atoms with Crippen molar-refractivity contribution < 1.29 is 22.0 Å².